The zero-order valence-corrected chi connectivity index (χ0v) is 11.1. The van der Waals surface area contributed by atoms with Crippen molar-refractivity contribution in [3.05, 3.63) is 23.8 Å². The highest BCUT2D eigenvalue weighted by molar-refractivity contribution is 5.85. The highest BCUT2D eigenvalue weighted by Crippen LogP contribution is 2.32. The minimum Gasteiger partial charge on any atom is -0.497 e. The molecule has 1 aliphatic heterocycles. The number of alkyl carbamates (subject to hydrolysis) is 1. The molecule has 0 unspecified atom stereocenters. The highest BCUT2D eigenvalue weighted by atomic mass is 35.5. The lowest BCUT2D eigenvalue weighted by molar-refractivity contribution is 0.115. The molecule has 0 saturated carbocycles. The molecule has 0 spiro atoms. The van der Waals surface area contributed by atoms with Gasteiger partial charge in [-0.3, -0.25) is 0 Å². The number of methoxy groups -OCH3 is 2. The van der Waals surface area contributed by atoms with E-state index >= 15 is 0 Å². The van der Waals surface area contributed by atoms with Crippen LogP contribution in [0.4, 0.5) is 4.79 Å². The summed E-state index contributed by atoms with van der Waals surface area (Å²) in [6.45, 7) is 0.422. The summed E-state index contributed by atoms with van der Waals surface area (Å²) in [4.78, 5) is 11.2. The van der Waals surface area contributed by atoms with E-state index in [-0.39, 0.29) is 24.5 Å². The number of benzene rings is 1. The molecule has 18 heavy (non-hydrogen) atoms. The fraction of sp³-hybridized carbons (Fsp3) is 0.417. The Morgan fingerprint density at radius 2 is 2.11 bits per heavy atom. The van der Waals surface area contributed by atoms with Crippen LogP contribution in [0.5, 0.6) is 11.5 Å². The molecule has 1 aromatic rings. The second-order valence-corrected chi connectivity index (χ2v) is 3.73. The van der Waals surface area contributed by atoms with Gasteiger partial charge in [-0.1, -0.05) is 0 Å². The van der Waals surface area contributed by atoms with E-state index in [1.54, 1.807) is 20.3 Å². The van der Waals surface area contributed by atoms with E-state index in [1.807, 2.05) is 12.1 Å². The average molecular weight is 274 g/mol. The van der Waals surface area contributed by atoms with Crippen molar-refractivity contribution in [2.75, 3.05) is 20.8 Å². The van der Waals surface area contributed by atoms with Crippen LogP contribution in [-0.2, 0) is 4.74 Å². The van der Waals surface area contributed by atoms with Gasteiger partial charge in [0.25, 0.3) is 0 Å². The molecule has 0 aliphatic carbocycles. The van der Waals surface area contributed by atoms with E-state index in [4.69, 9.17) is 14.2 Å². The van der Waals surface area contributed by atoms with Gasteiger partial charge >= 0.3 is 6.09 Å². The van der Waals surface area contributed by atoms with Crippen LogP contribution in [0.3, 0.4) is 0 Å². The van der Waals surface area contributed by atoms with Gasteiger partial charge in [0.15, 0.2) is 0 Å². The van der Waals surface area contributed by atoms with Crippen molar-refractivity contribution in [1.82, 2.24) is 5.32 Å². The van der Waals surface area contributed by atoms with Gasteiger partial charge in [0.05, 0.1) is 26.9 Å². The molecule has 1 N–H and O–H groups in total. The summed E-state index contributed by atoms with van der Waals surface area (Å²) in [6.07, 6.45) is 0.341. The summed E-state index contributed by atoms with van der Waals surface area (Å²) in [7, 11) is 3.20. The SMILES string of the molecule is COc1ccc([C@H]2CCOC(=O)N2)c(OC)c1.Cl. The molecule has 1 saturated heterocycles. The van der Waals surface area contributed by atoms with E-state index in [0.29, 0.717) is 12.4 Å². The van der Waals surface area contributed by atoms with Crippen LogP contribution in [0, 0.1) is 0 Å². The first-order chi connectivity index (χ1) is 8.24. The topological polar surface area (TPSA) is 56.8 Å². The van der Waals surface area contributed by atoms with Crippen LogP contribution in [0.1, 0.15) is 18.0 Å². The van der Waals surface area contributed by atoms with Gasteiger partial charge in [-0.15, -0.1) is 12.4 Å². The summed E-state index contributed by atoms with van der Waals surface area (Å²) in [6, 6.07) is 5.47. The fourth-order valence-electron chi connectivity index (χ4n) is 1.87. The fourth-order valence-corrected chi connectivity index (χ4v) is 1.87. The molecule has 1 atom stereocenters. The third-order valence-electron chi connectivity index (χ3n) is 2.75. The van der Waals surface area contributed by atoms with Crippen LogP contribution in [0.25, 0.3) is 0 Å². The molecular formula is C12H16ClNO4. The number of hydrogen-bond acceptors (Lipinski definition) is 4. The summed E-state index contributed by atoms with van der Waals surface area (Å²) < 4.78 is 15.3. The number of hydrogen-bond donors (Lipinski definition) is 1. The molecule has 1 aromatic carbocycles. The van der Waals surface area contributed by atoms with E-state index in [0.717, 1.165) is 17.7 Å². The molecule has 5 nitrogen and oxygen atoms in total. The van der Waals surface area contributed by atoms with Crippen LogP contribution in [0.15, 0.2) is 18.2 Å². The molecule has 1 heterocycles. The largest absolute Gasteiger partial charge is 0.497 e. The molecular weight excluding hydrogens is 258 g/mol. The number of amides is 1. The summed E-state index contributed by atoms with van der Waals surface area (Å²) in [5.74, 6) is 1.43. The number of nitrogens with one attached hydrogen (secondary N) is 1. The Morgan fingerprint density at radius 3 is 2.72 bits per heavy atom. The summed E-state index contributed by atoms with van der Waals surface area (Å²) in [5.41, 5.74) is 0.935. The van der Waals surface area contributed by atoms with Crippen LogP contribution < -0.4 is 14.8 Å². The lowest BCUT2D eigenvalue weighted by Crippen LogP contribution is -2.35. The smallest absolute Gasteiger partial charge is 0.407 e. The van der Waals surface area contributed by atoms with Gasteiger partial charge in [-0.05, 0) is 12.1 Å². The number of halogens is 1. The van der Waals surface area contributed by atoms with Gasteiger partial charge in [-0.2, -0.15) is 0 Å². The van der Waals surface area contributed by atoms with Gasteiger partial charge in [0, 0.05) is 18.1 Å². The van der Waals surface area contributed by atoms with Gasteiger partial charge in [-0.25, -0.2) is 4.79 Å². The lowest BCUT2D eigenvalue weighted by Gasteiger charge is -2.25. The van der Waals surface area contributed by atoms with Crippen molar-refractivity contribution in [1.29, 1.82) is 0 Å². The molecule has 2 rings (SSSR count). The number of ether oxygens (including phenoxy) is 3. The van der Waals surface area contributed by atoms with Crippen molar-refractivity contribution < 1.29 is 19.0 Å². The highest BCUT2D eigenvalue weighted by Gasteiger charge is 2.23. The number of cyclic esters (lactones) is 1. The second-order valence-electron chi connectivity index (χ2n) is 3.73. The van der Waals surface area contributed by atoms with Crippen molar-refractivity contribution in [3.8, 4) is 11.5 Å². The Morgan fingerprint density at radius 1 is 1.33 bits per heavy atom. The van der Waals surface area contributed by atoms with Gasteiger partial charge < -0.3 is 19.5 Å². The molecule has 1 aliphatic rings. The van der Waals surface area contributed by atoms with Gasteiger partial charge in [0.2, 0.25) is 0 Å². The molecule has 1 amide bonds. The molecule has 6 heteroatoms. The van der Waals surface area contributed by atoms with E-state index in [1.165, 1.54) is 0 Å². The third kappa shape index (κ3) is 2.98. The minimum absolute atomic E-state index is 0. The van der Waals surface area contributed by atoms with Crippen molar-refractivity contribution >= 4 is 18.5 Å². The quantitative estimate of drug-likeness (QED) is 0.918. The molecule has 0 radical (unpaired) electrons. The molecule has 0 aromatic heterocycles. The Kier molecular flexibility index (Phi) is 5.09. The van der Waals surface area contributed by atoms with Crippen molar-refractivity contribution in [3.63, 3.8) is 0 Å². The van der Waals surface area contributed by atoms with E-state index in [9.17, 15) is 4.79 Å². The first-order valence-electron chi connectivity index (χ1n) is 5.40. The monoisotopic (exact) mass is 273 g/mol. The lowest BCUT2D eigenvalue weighted by atomic mass is 10.0. The Balaban J connectivity index is 0.00000162. The maximum absolute atomic E-state index is 11.2. The van der Waals surface area contributed by atoms with E-state index < -0.39 is 0 Å². The second kappa shape index (κ2) is 6.35. The first-order valence-corrected chi connectivity index (χ1v) is 5.40. The average Bonchev–Trinajstić information content (AvgIpc) is 2.38. The predicted molar refractivity (Wildman–Crippen MR) is 68.6 cm³/mol. The number of carbonyl (C=O) groups is 1. The maximum atomic E-state index is 11.2. The van der Waals surface area contributed by atoms with Gasteiger partial charge in [0.1, 0.15) is 11.5 Å². The zero-order chi connectivity index (χ0) is 12.3. The number of carbonyl (C=O) groups excluding carboxylic acids is 1. The zero-order valence-electron chi connectivity index (χ0n) is 10.3. The molecule has 0 bridgehead atoms. The molecule has 1 fully saturated rings. The van der Waals surface area contributed by atoms with E-state index in [2.05, 4.69) is 5.32 Å². The predicted octanol–water partition coefficient (Wildman–Crippen LogP) is 2.30. The van der Waals surface area contributed by atoms with Crippen molar-refractivity contribution in [2.45, 2.75) is 12.5 Å². The van der Waals surface area contributed by atoms with Crippen LogP contribution in [0.2, 0.25) is 0 Å². The normalized spacial score (nSPS) is 18.1. The summed E-state index contributed by atoms with van der Waals surface area (Å²) >= 11 is 0. The Bertz CT molecular complexity index is 425. The first kappa shape index (κ1) is 14.4. The van der Waals surface area contributed by atoms with Crippen molar-refractivity contribution in [2.24, 2.45) is 0 Å². The number of rotatable bonds is 3. The minimum atomic E-state index is -0.390. The Labute approximate surface area is 112 Å². The third-order valence-corrected chi connectivity index (χ3v) is 2.75. The van der Waals surface area contributed by atoms with Crippen LogP contribution in [-0.4, -0.2) is 26.9 Å². The standard InChI is InChI=1S/C12H15NO4.ClH/c1-15-8-3-4-9(11(7-8)16-2)10-5-6-17-12(14)13-10;/h3-4,7,10H,5-6H2,1-2H3,(H,13,14);1H/t10-;/m1./s1. The maximum Gasteiger partial charge on any atom is 0.407 e. The summed E-state index contributed by atoms with van der Waals surface area (Å²) in [5, 5.41) is 2.76. The Hall–Kier alpha value is -1.62. The molecule has 100 valence electrons. The van der Waals surface area contributed by atoms with Crippen LogP contribution >= 0.6 is 12.4 Å².